The largest absolute Gasteiger partial charge is 0.382 e. The predicted octanol–water partition coefficient (Wildman–Crippen LogP) is -1.85. The topological polar surface area (TPSA) is 142 Å². The van der Waals surface area contributed by atoms with E-state index in [0.29, 0.717) is 0 Å². The number of aliphatic hydroxyl groups is 1. The zero-order chi connectivity index (χ0) is 13.9. The molecule has 10 heteroatoms. The highest BCUT2D eigenvalue weighted by molar-refractivity contribution is 7.89. The number of nitrogens with two attached hydrogens (primary N) is 1. The smallest absolute Gasteiger partial charge is 0.266 e. The van der Waals surface area contributed by atoms with Gasteiger partial charge < -0.3 is 15.8 Å². The molecule has 0 spiro atoms. The van der Waals surface area contributed by atoms with Crippen LogP contribution in [0.15, 0.2) is 22.0 Å². The van der Waals surface area contributed by atoms with E-state index in [-0.39, 0.29) is 9.92 Å². The molecule has 1 aromatic heterocycles. The third kappa shape index (κ3) is 3.53. The molecular formula is C8H10ClN3O5S. The predicted molar refractivity (Wildman–Crippen MR) is 62.5 cm³/mol. The maximum absolute atomic E-state index is 11.7. The summed E-state index contributed by atoms with van der Waals surface area (Å²) in [4.78, 5) is 23.3. The van der Waals surface area contributed by atoms with Crippen LogP contribution in [0.2, 0.25) is 5.02 Å². The van der Waals surface area contributed by atoms with Gasteiger partial charge in [-0.05, 0) is 6.07 Å². The molecule has 0 bridgehead atoms. The summed E-state index contributed by atoms with van der Waals surface area (Å²) >= 11 is 5.47. The fourth-order valence-corrected chi connectivity index (χ4v) is 2.23. The van der Waals surface area contributed by atoms with Gasteiger partial charge in [0, 0.05) is 12.7 Å². The Bertz CT molecular complexity index is 611. The average molecular weight is 296 g/mol. The van der Waals surface area contributed by atoms with Gasteiger partial charge >= 0.3 is 0 Å². The van der Waals surface area contributed by atoms with E-state index in [9.17, 15) is 18.0 Å². The van der Waals surface area contributed by atoms with Gasteiger partial charge in [0.1, 0.15) is 11.1 Å². The number of hydrogen-bond acceptors (Lipinski definition) is 5. The summed E-state index contributed by atoms with van der Waals surface area (Å²) in [7, 11) is -4.00. The number of pyridine rings is 1. The van der Waals surface area contributed by atoms with Crippen molar-refractivity contribution in [3.05, 3.63) is 27.6 Å². The number of H-pyrrole nitrogens is 1. The number of rotatable bonds is 5. The Morgan fingerprint density at radius 2 is 2.22 bits per heavy atom. The number of aromatic amines is 1. The summed E-state index contributed by atoms with van der Waals surface area (Å²) in [5.74, 6) is -1.06. The van der Waals surface area contributed by atoms with Gasteiger partial charge in [-0.25, -0.2) is 13.1 Å². The number of nitrogens with one attached hydrogen (secondary N) is 2. The fraction of sp³-hybridized carbons (Fsp3) is 0.250. The van der Waals surface area contributed by atoms with Gasteiger partial charge in [-0.2, -0.15) is 0 Å². The molecule has 1 heterocycles. The van der Waals surface area contributed by atoms with Crippen molar-refractivity contribution < 1.29 is 18.3 Å². The molecule has 8 nitrogen and oxygen atoms in total. The normalized spacial score (nSPS) is 13.2. The van der Waals surface area contributed by atoms with E-state index in [2.05, 4.69) is 4.98 Å². The third-order valence-corrected chi connectivity index (χ3v) is 3.62. The Hall–Kier alpha value is -1.42. The second-order valence-corrected chi connectivity index (χ2v) is 5.46. The zero-order valence-electron chi connectivity index (χ0n) is 8.88. The number of carbonyl (C=O) groups is 1. The Kier molecular flexibility index (Phi) is 4.46. The Morgan fingerprint density at radius 3 is 2.72 bits per heavy atom. The number of carbonyl (C=O) groups excluding carboxylic acids is 1. The summed E-state index contributed by atoms with van der Waals surface area (Å²) < 4.78 is 25.3. The molecule has 0 aromatic carbocycles. The van der Waals surface area contributed by atoms with Crippen molar-refractivity contribution in [2.75, 3.05) is 6.54 Å². The number of sulfonamides is 1. The van der Waals surface area contributed by atoms with Gasteiger partial charge in [0.25, 0.3) is 5.56 Å². The van der Waals surface area contributed by atoms with Crippen LogP contribution in [-0.4, -0.2) is 37.1 Å². The van der Waals surface area contributed by atoms with E-state index in [4.69, 9.17) is 22.4 Å². The summed E-state index contributed by atoms with van der Waals surface area (Å²) in [6.07, 6.45) is -0.703. The summed E-state index contributed by atoms with van der Waals surface area (Å²) in [5, 5.41) is 8.75. The van der Waals surface area contributed by atoms with Crippen molar-refractivity contribution in [2.45, 2.75) is 11.0 Å². The molecule has 0 aliphatic rings. The van der Waals surface area contributed by atoms with E-state index >= 15 is 0 Å². The number of aliphatic hydroxyl groups excluding tert-OH is 1. The molecule has 0 saturated carbocycles. The van der Waals surface area contributed by atoms with Gasteiger partial charge in [-0.3, -0.25) is 9.59 Å². The van der Waals surface area contributed by atoms with Gasteiger partial charge in [0.2, 0.25) is 15.9 Å². The standard InChI is InChI=1S/C8H10ClN3O5S/c9-5-1-4(2-11-8(5)15)18(16,17)12-3-6(13)7(10)14/h1-2,6,12-13H,3H2,(H2,10,14)(H,11,15). The highest BCUT2D eigenvalue weighted by atomic mass is 35.5. The van der Waals surface area contributed by atoms with Crippen LogP contribution in [0.25, 0.3) is 0 Å². The van der Waals surface area contributed by atoms with Crippen molar-refractivity contribution in [3.63, 3.8) is 0 Å². The van der Waals surface area contributed by atoms with E-state index in [1.807, 2.05) is 4.72 Å². The quantitative estimate of drug-likeness (QED) is 0.504. The van der Waals surface area contributed by atoms with Crippen molar-refractivity contribution in [3.8, 4) is 0 Å². The van der Waals surface area contributed by atoms with Crippen LogP contribution in [0, 0.1) is 0 Å². The summed E-state index contributed by atoms with van der Waals surface area (Å²) in [5.41, 5.74) is 4.12. The van der Waals surface area contributed by atoms with Gasteiger partial charge in [0.15, 0.2) is 0 Å². The lowest BCUT2D eigenvalue weighted by atomic mass is 10.3. The lowest BCUT2D eigenvalue weighted by molar-refractivity contribution is -0.125. The van der Waals surface area contributed by atoms with Crippen LogP contribution in [-0.2, 0) is 14.8 Å². The van der Waals surface area contributed by atoms with Crippen molar-refractivity contribution in [1.82, 2.24) is 9.71 Å². The average Bonchev–Trinajstić information content (AvgIpc) is 2.29. The minimum Gasteiger partial charge on any atom is -0.382 e. The molecule has 1 aromatic rings. The lowest BCUT2D eigenvalue weighted by Crippen LogP contribution is -2.40. The van der Waals surface area contributed by atoms with Gasteiger partial charge in [0.05, 0.1) is 4.90 Å². The highest BCUT2D eigenvalue weighted by Gasteiger charge is 2.19. The van der Waals surface area contributed by atoms with E-state index in [0.717, 1.165) is 12.3 Å². The maximum Gasteiger partial charge on any atom is 0.266 e. The number of amides is 1. The summed E-state index contributed by atoms with van der Waals surface area (Å²) in [6, 6.07) is 0.944. The number of aromatic nitrogens is 1. The first-order chi connectivity index (χ1) is 8.24. The molecule has 0 aliphatic heterocycles. The minimum atomic E-state index is -4.00. The Morgan fingerprint density at radius 1 is 1.61 bits per heavy atom. The molecule has 1 atom stereocenters. The van der Waals surface area contributed by atoms with Gasteiger partial charge in [-0.1, -0.05) is 11.6 Å². The molecule has 5 N–H and O–H groups in total. The number of halogens is 1. The molecule has 0 saturated heterocycles. The van der Waals surface area contributed by atoms with E-state index < -0.39 is 34.1 Å². The van der Waals surface area contributed by atoms with Crippen LogP contribution in [0.3, 0.4) is 0 Å². The molecule has 0 aliphatic carbocycles. The zero-order valence-corrected chi connectivity index (χ0v) is 10.5. The molecule has 18 heavy (non-hydrogen) atoms. The molecule has 1 rings (SSSR count). The third-order valence-electron chi connectivity index (χ3n) is 1.94. The highest BCUT2D eigenvalue weighted by Crippen LogP contribution is 2.10. The summed E-state index contributed by atoms with van der Waals surface area (Å²) in [6.45, 7) is -0.575. The molecule has 0 fully saturated rings. The van der Waals surface area contributed by atoms with Gasteiger partial charge in [-0.15, -0.1) is 0 Å². The molecule has 0 radical (unpaired) electrons. The van der Waals surface area contributed by atoms with Crippen LogP contribution in [0.5, 0.6) is 0 Å². The second-order valence-electron chi connectivity index (χ2n) is 3.28. The van der Waals surface area contributed by atoms with Crippen LogP contribution in [0.1, 0.15) is 0 Å². The Labute approximate surface area is 107 Å². The van der Waals surface area contributed by atoms with E-state index in [1.54, 1.807) is 0 Å². The monoisotopic (exact) mass is 295 g/mol. The molecule has 100 valence electrons. The van der Waals surface area contributed by atoms with Crippen molar-refractivity contribution in [1.29, 1.82) is 0 Å². The number of primary amides is 1. The van der Waals surface area contributed by atoms with Crippen molar-refractivity contribution >= 4 is 27.5 Å². The Balaban J connectivity index is 2.90. The SMILES string of the molecule is NC(=O)C(O)CNS(=O)(=O)c1c[nH]c(=O)c(Cl)c1. The first kappa shape index (κ1) is 14.6. The van der Waals surface area contributed by atoms with Crippen LogP contribution in [0.4, 0.5) is 0 Å². The number of hydrogen-bond donors (Lipinski definition) is 4. The molecular weight excluding hydrogens is 286 g/mol. The minimum absolute atomic E-state index is 0.298. The first-order valence-corrected chi connectivity index (χ1v) is 6.45. The van der Waals surface area contributed by atoms with Crippen molar-refractivity contribution in [2.24, 2.45) is 5.73 Å². The first-order valence-electron chi connectivity index (χ1n) is 4.59. The maximum atomic E-state index is 11.7. The second kappa shape index (κ2) is 5.48. The lowest BCUT2D eigenvalue weighted by Gasteiger charge is -2.09. The van der Waals surface area contributed by atoms with E-state index in [1.165, 1.54) is 0 Å². The molecule has 1 amide bonds. The van der Waals surface area contributed by atoms with Crippen LogP contribution < -0.4 is 16.0 Å². The fourth-order valence-electron chi connectivity index (χ4n) is 0.965. The van der Waals surface area contributed by atoms with Crippen LogP contribution >= 0.6 is 11.6 Å². The molecule has 1 unspecified atom stereocenters.